The van der Waals surface area contributed by atoms with Gasteiger partial charge in [0.05, 0.1) is 11.8 Å². The van der Waals surface area contributed by atoms with Crippen LogP contribution in [0.2, 0.25) is 0 Å². The summed E-state index contributed by atoms with van der Waals surface area (Å²) < 4.78 is 5.45. The van der Waals surface area contributed by atoms with Crippen LogP contribution in [0.5, 0.6) is 5.75 Å². The number of hydrogen-bond acceptors (Lipinski definition) is 5. The van der Waals surface area contributed by atoms with Crippen LogP contribution >= 0.6 is 0 Å². The normalized spacial score (nSPS) is 20.7. The third kappa shape index (κ3) is 5.31. The average Bonchev–Trinajstić information content (AvgIpc) is 3.16. The van der Waals surface area contributed by atoms with Gasteiger partial charge in [-0.05, 0) is 55.3 Å². The highest BCUT2D eigenvalue weighted by Crippen LogP contribution is 2.31. The quantitative estimate of drug-likeness (QED) is 0.476. The van der Waals surface area contributed by atoms with E-state index in [2.05, 4.69) is 22.6 Å². The van der Waals surface area contributed by atoms with Gasteiger partial charge in [0.1, 0.15) is 19.6 Å². The summed E-state index contributed by atoms with van der Waals surface area (Å²) in [6.45, 7) is 2.18. The summed E-state index contributed by atoms with van der Waals surface area (Å²) in [7, 11) is 5.64. The van der Waals surface area contributed by atoms with E-state index in [9.17, 15) is 14.7 Å². The predicted molar refractivity (Wildman–Crippen MR) is 131 cm³/mol. The number of methoxy groups -OCH3 is 1. The highest BCUT2D eigenvalue weighted by molar-refractivity contribution is 6.32. The van der Waals surface area contributed by atoms with Crippen LogP contribution in [-0.4, -0.2) is 80.6 Å². The van der Waals surface area contributed by atoms with Gasteiger partial charge in [-0.1, -0.05) is 17.6 Å². The van der Waals surface area contributed by atoms with E-state index >= 15 is 0 Å². The molecular weight excluding hydrogens is 419 g/mol. The Labute approximate surface area is 195 Å². The highest BCUT2D eigenvalue weighted by Gasteiger charge is 2.40. The Hall–Kier alpha value is -3.04. The molecule has 2 aliphatic rings. The van der Waals surface area contributed by atoms with Crippen molar-refractivity contribution in [2.45, 2.75) is 31.4 Å². The zero-order valence-electron chi connectivity index (χ0n) is 19.4. The summed E-state index contributed by atoms with van der Waals surface area (Å²) in [5.74, 6) is -0.293. The first-order valence-corrected chi connectivity index (χ1v) is 11.4. The van der Waals surface area contributed by atoms with Crippen molar-refractivity contribution in [1.82, 2.24) is 9.80 Å². The molecule has 4 rings (SSSR count). The minimum atomic E-state index is -0.704. The molecule has 174 valence electrons. The number of anilines is 2. The van der Waals surface area contributed by atoms with Gasteiger partial charge in [-0.25, -0.2) is 4.79 Å². The Morgan fingerprint density at radius 2 is 1.76 bits per heavy atom. The fourth-order valence-electron chi connectivity index (χ4n) is 4.47. The SMILES string of the molecule is Bc1ccc(NC(=O)N2CC(OC)CC2C(=O)Nc2cc3c(cc2O)CCN(C)CC3)cc1. The van der Waals surface area contributed by atoms with E-state index in [1.54, 1.807) is 13.2 Å². The lowest BCUT2D eigenvalue weighted by atomic mass is 9.96. The second-order valence-corrected chi connectivity index (χ2v) is 8.99. The summed E-state index contributed by atoms with van der Waals surface area (Å²) in [5, 5.41) is 16.3. The fourth-order valence-corrected chi connectivity index (χ4v) is 4.47. The van der Waals surface area contributed by atoms with Crippen molar-refractivity contribution < 1.29 is 19.4 Å². The largest absolute Gasteiger partial charge is 0.506 e. The molecule has 0 aliphatic carbocycles. The van der Waals surface area contributed by atoms with Crippen molar-refractivity contribution in [3.63, 3.8) is 0 Å². The van der Waals surface area contributed by atoms with Crippen LogP contribution < -0.4 is 16.1 Å². The van der Waals surface area contributed by atoms with Gasteiger partial charge in [0, 0.05) is 38.9 Å². The molecule has 3 N–H and O–H groups in total. The lowest BCUT2D eigenvalue weighted by molar-refractivity contribution is -0.119. The van der Waals surface area contributed by atoms with Crippen LogP contribution in [0.3, 0.4) is 0 Å². The van der Waals surface area contributed by atoms with Gasteiger partial charge in [-0.15, -0.1) is 0 Å². The lowest BCUT2D eigenvalue weighted by Crippen LogP contribution is -2.45. The molecule has 0 aromatic heterocycles. The van der Waals surface area contributed by atoms with Crippen LogP contribution in [0.15, 0.2) is 36.4 Å². The highest BCUT2D eigenvalue weighted by atomic mass is 16.5. The van der Waals surface area contributed by atoms with Crippen LogP contribution in [0.25, 0.3) is 0 Å². The van der Waals surface area contributed by atoms with Gasteiger partial charge < -0.3 is 30.3 Å². The minimum Gasteiger partial charge on any atom is -0.506 e. The number of carbonyl (C=O) groups excluding carboxylic acids is 2. The molecule has 0 bridgehead atoms. The summed E-state index contributed by atoms with van der Waals surface area (Å²) >= 11 is 0. The molecule has 2 aliphatic heterocycles. The molecule has 8 nitrogen and oxygen atoms in total. The molecule has 0 saturated carbocycles. The van der Waals surface area contributed by atoms with Crippen LogP contribution in [-0.2, 0) is 22.4 Å². The zero-order valence-corrected chi connectivity index (χ0v) is 19.4. The number of rotatable bonds is 4. The number of ether oxygens (including phenoxy) is 1. The summed E-state index contributed by atoms with van der Waals surface area (Å²) in [5.41, 5.74) is 4.37. The smallest absolute Gasteiger partial charge is 0.322 e. The maximum Gasteiger partial charge on any atom is 0.322 e. The average molecular weight is 450 g/mol. The van der Waals surface area contributed by atoms with E-state index in [1.165, 1.54) is 4.90 Å². The number of nitrogens with zero attached hydrogens (tertiary/aromatic N) is 2. The van der Waals surface area contributed by atoms with Crippen molar-refractivity contribution in [3.8, 4) is 5.75 Å². The van der Waals surface area contributed by atoms with E-state index < -0.39 is 6.04 Å². The second-order valence-electron chi connectivity index (χ2n) is 8.99. The van der Waals surface area contributed by atoms with Crippen LogP contribution in [0.4, 0.5) is 16.2 Å². The number of aromatic hydroxyl groups is 1. The maximum absolute atomic E-state index is 13.2. The van der Waals surface area contributed by atoms with Crippen LogP contribution in [0.1, 0.15) is 17.5 Å². The molecule has 0 spiro atoms. The fraction of sp³-hybridized carbons (Fsp3) is 0.417. The number of likely N-dealkylation sites (N-methyl/N-ethyl adjacent to an activating group) is 1. The molecule has 9 heteroatoms. The van der Waals surface area contributed by atoms with E-state index in [4.69, 9.17) is 4.74 Å². The first kappa shape index (κ1) is 23.1. The van der Waals surface area contributed by atoms with Crippen molar-refractivity contribution in [1.29, 1.82) is 0 Å². The molecular formula is C24H31BN4O4. The van der Waals surface area contributed by atoms with E-state index in [1.807, 2.05) is 38.2 Å². The monoisotopic (exact) mass is 450 g/mol. The topological polar surface area (TPSA) is 94.1 Å². The zero-order chi connectivity index (χ0) is 23.5. The second kappa shape index (κ2) is 9.85. The molecule has 2 atom stereocenters. The number of likely N-dealkylation sites (tertiary alicyclic amines) is 1. The van der Waals surface area contributed by atoms with Crippen molar-refractivity contribution in [3.05, 3.63) is 47.5 Å². The number of fused-ring (bicyclic) bond motifs is 1. The summed E-state index contributed by atoms with van der Waals surface area (Å²) in [4.78, 5) is 30.0. The molecule has 33 heavy (non-hydrogen) atoms. The van der Waals surface area contributed by atoms with Gasteiger partial charge in [0.2, 0.25) is 5.91 Å². The third-order valence-corrected chi connectivity index (χ3v) is 6.56. The van der Waals surface area contributed by atoms with E-state index in [0.717, 1.165) is 42.5 Å². The molecule has 1 saturated heterocycles. The molecule has 3 amide bonds. The molecule has 2 aromatic carbocycles. The Morgan fingerprint density at radius 1 is 1.09 bits per heavy atom. The lowest BCUT2D eigenvalue weighted by Gasteiger charge is -2.24. The Bertz CT molecular complexity index is 1030. The minimum absolute atomic E-state index is 0.0450. The molecule has 2 unspecified atom stereocenters. The summed E-state index contributed by atoms with van der Waals surface area (Å²) in [6, 6.07) is 10.0. The number of hydrogen-bond donors (Lipinski definition) is 3. The Kier molecular flexibility index (Phi) is 6.90. The number of nitrogens with one attached hydrogen (secondary N) is 2. The predicted octanol–water partition coefficient (Wildman–Crippen LogP) is 0.941. The number of phenolic OH excluding ortho intramolecular Hbond substituents is 1. The van der Waals surface area contributed by atoms with Crippen molar-refractivity contribution >= 4 is 36.6 Å². The first-order valence-electron chi connectivity index (χ1n) is 11.4. The Morgan fingerprint density at radius 3 is 2.42 bits per heavy atom. The van der Waals surface area contributed by atoms with Gasteiger partial charge in [0.15, 0.2) is 0 Å². The van der Waals surface area contributed by atoms with Gasteiger partial charge in [-0.2, -0.15) is 0 Å². The molecule has 2 heterocycles. The Balaban J connectivity index is 1.50. The molecule has 1 fully saturated rings. The van der Waals surface area contributed by atoms with Gasteiger partial charge in [0.25, 0.3) is 0 Å². The van der Waals surface area contributed by atoms with Crippen LogP contribution in [0, 0.1) is 0 Å². The number of benzene rings is 2. The number of carbonyl (C=O) groups is 2. The third-order valence-electron chi connectivity index (χ3n) is 6.56. The van der Waals surface area contributed by atoms with Crippen molar-refractivity contribution in [2.24, 2.45) is 0 Å². The van der Waals surface area contributed by atoms with E-state index in [-0.39, 0.29) is 23.8 Å². The number of urea groups is 1. The molecule has 0 radical (unpaired) electrons. The first-order chi connectivity index (χ1) is 15.8. The van der Waals surface area contributed by atoms with E-state index in [0.29, 0.717) is 24.3 Å². The number of phenols is 1. The maximum atomic E-state index is 13.2. The standard InChI is InChI=1S/C24H31BN4O4/c1-28-9-7-15-11-20(22(30)12-16(15)8-10-28)27-23(31)21-13-19(33-2)14-29(21)24(32)26-18-5-3-17(25)4-6-18/h3-6,11-12,19,21,30H,7-10,13-14,25H2,1-2H3,(H,26,32)(H,27,31). The summed E-state index contributed by atoms with van der Waals surface area (Å²) in [6.07, 6.45) is 1.87. The molecule has 2 aromatic rings. The van der Waals surface area contributed by atoms with Crippen molar-refractivity contribution in [2.75, 3.05) is 44.4 Å². The van der Waals surface area contributed by atoms with Gasteiger partial charge >= 0.3 is 6.03 Å². The van der Waals surface area contributed by atoms with Gasteiger partial charge in [-0.3, -0.25) is 4.79 Å². The number of amides is 3.